The zero-order chi connectivity index (χ0) is 14.8. The fourth-order valence-electron chi connectivity index (χ4n) is 2.43. The molecule has 0 spiro atoms. The van der Waals surface area contributed by atoms with Gasteiger partial charge in [-0.1, -0.05) is 29.8 Å². The van der Waals surface area contributed by atoms with E-state index in [2.05, 4.69) is 4.98 Å². The lowest BCUT2D eigenvalue weighted by Gasteiger charge is -2.09. The summed E-state index contributed by atoms with van der Waals surface area (Å²) in [6, 6.07) is 12.6. The van der Waals surface area contributed by atoms with Crippen LogP contribution >= 0.6 is 23.2 Å². The minimum atomic E-state index is -0.312. The Kier molecular flexibility index (Phi) is 4.13. The number of alkyl halides is 1. The molecule has 5 heteroatoms. The molecule has 0 aliphatic heterocycles. The van der Waals surface area contributed by atoms with Gasteiger partial charge in [-0.15, -0.1) is 11.6 Å². The van der Waals surface area contributed by atoms with Crippen LogP contribution in [0.2, 0.25) is 5.02 Å². The molecule has 0 bridgehead atoms. The van der Waals surface area contributed by atoms with Crippen LogP contribution in [-0.4, -0.2) is 15.4 Å². The summed E-state index contributed by atoms with van der Waals surface area (Å²) in [6.45, 7) is 0.590. The molecule has 0 N–H and O–H groups in total. The van der Waals surface area contributed by atoms with E-state index < -0.39 is 0 Å². The molecule has 0 aliphatic rings. The van der Waals surface area contributed by atoms with Crippen molar-refractivity contribution in [1.82, 2.24) is 9.55 Å². The number of imidazole rings is 1. The van der Waals surface area contributed by atoms with Crippen LogP contribution in [0, 0.1) is 5.82 Å². The van der Waals surface area contributed by atoms with Gasteiger partial charge in [-0.25, -0.2) is 9.37 Å². The third-order valence-electron chi connectivity index (χ3n) is 3.36. The van der Waals surface area contributed by atoms with Gasteiger partial charge in [-0.2, -0.15) is 0 Å². The Hall–Kier alpha value is -1.58. The smallest absolute Gasteiger partial charge is 0.151 e. The number of aryl methyl sites for hydroxylation is 1. The summed E-state index contributed by atoms with van der Waals surface area (Å²) in [7, 11) is 0. The van der Waals surface area contributed by atoms with Crippen molar-refractivity contribution in [3.05, 3.63) is 64.7 Å². The molecule has 2 nitrogen and oxygen atoms in total. The normalized spacial score (nSPS) is 11.2. The van der Waals surface area contributed by atoms with Crippen molar-refractivity contribution in [2.75, 3.05) is 5.88 Å². The average molecular weight is 323 g/mol. The summed E-state index contributed by atoms with van der Waals surface area (Å²) in [6.07, 6.45) is 0.593. The zero-order valence-corrected chi connectivity index (χ0v) is 12.7. The maximum absolute atomic E-state index is 13.9. The van der Waals surface area contributed by atoms with Crippen LogP contribution < -0.4 is 0 Å². The first-order valence-electron chi connectivity index (χ1n) is 6.63. The van der Waals surface area contributed by atoms with Crippen LogP contribution in [-0.2, 0) is 13.0 Å². The van der Waals surface area contributed by atoms with Gasteiger partial charge in [0.05, 0.1) is 5.52 Å². The van der Waals surface area contributed by atoms with E-state index in [1.807, 2.05) is 34.9 Å². The van der Waals surface area contributed by atoms with Gasteiger partial charge in [0.15, 0.2) is 5.82 Å². The number of fused-ring (bicyclic) bond motifs is 1. The third-order valence-corrected chi connectivity index (χ3v) is 3.78. The van der Waals surface area contributed by atoms with Gasteiger partial charge < -0.3 is 4.57 Å². The second-order valence-electron chi connectivity index (χ2n) is 4.79. The molecule has 0 atom stereocenters. The highest BCUT2D eigenvalue weighted by molar-refractivity contribution is 6.30. The van der Waals surface area contributed by atoms with Crippen molar-refractivity contribution >= 4 is 34.2 Å². The molecule has 3 aromatic rings. The molecule has 21 heavy (non-hydrogen) atoms. The van der Waals surface area contributed by atoms with Crippen LogP contribution in [0.4, 0.5) is 4.39 Å². The number of para-hydroxylation sites is 1. The summed E-state index contributed by atoms with van der Waals surface area (Å²) in [5, 5.41) is 0.682. The highest BCUT2D eigenvalue weighted by Gasteiger charge is 2.13. The first-order chi connectivity index (χ1) is 10.2. The third kappa shape index (κ3) is 2.89. The molecule has 2 aromatic carbocycles. The second-order valence-corrected chi connectivity index (χ2v) is 5.61. The Morgan fingerprint density at radius 3 is 2.71 bits per heavy atom. The highest BCUT2D eigenvalue weighted by atomic mass is 35.5. The summed E-state index contributed by atoms with van der Waals surface area (Å²) in [5.74, 6) is 0.916. The van der Waals surface area contributed by atoms with Gasteiger partial charge in [0.2, 0.25) is 0 Å². The Balaban J connectivity index is 2.11. The lowest BCUT2D eigenvalue weighted by molar-refractivity contribution is 0.637. The Labute approximate surface area is 132 Å². The minimum Gasteiger partial charge on any atom is -0.323 e. The number of aromatic nitrogens is 2. The van der Waals surface area contributed by atoms with Gasteiger partial charge in [-0.05, 0) is 29.8 Å². The summed E-state index contributed by atoms with van der Waals surface area (Å²) < 4.78 is 15.9. The monoisotopic (exact) mass is 322 g/mol. The predicted octanol–water partition coefficient (Wildman–Crippen LogP) is 4.66. The van der Waals surface area contributed by atoms with Crippen molar-refractivity contribution in [3.8, 4) is 0 Å². The lowest BCUT2D eigenvalue weighted by atomic mass is 10.2. The largest absolute Gasteiger partial charge is 0.323 e. The number of halogens is 3. The molecule has 1 heterocycles. The molecule has 0 radical (unpaired) electrons. The van der Waals surface area contributed by atoms with Gasteiger partial charge in [0, 0.05) is 23.9 Å². The average Bonchev–Trinajstić information content (AvgIpc) is 2.79. The fourth-order valence-corrected chi connectivity index (χ4v) is 2.81. The number of hydrogen-bond acceptors (Lipinski definition) is 1. The molecule has 0 saturated carbocycles. The van der Waals surface area contributed by atoms with Gasteiger partial charge in [0.25, 0.3) is 0 Å². The molecular weight excluding hydrogens is 310 g/mol. The van der Waals surface area contributed by atoms with E-state index in [-0.39, 0.29) is 5.82 Å². The molecule has 108 valence electrons. The van der Waals surface area contributed by atoms with E-state index >= 15 is 0 Å². The fraction of sp³-hybridized carbons (Fsp3) is 0.188. The molecule has 0 saturated heterocycles. The Bertz CT molecular complexity index is 783. The summed E-state index contributed by atoms with van der Waals surface area (Å²) in [4.78, 5) is 4.39. The summed E-state index contributed by atoms with van der Waals surface area (Å²) >= 11 is 11.9. The van der Waals surface area contributed by atoms with Crippen LogP contribution in [0.25, 0.3) is 11.0 Å². The van der Waals surface area contributed by atoms with Crippen molar-refractivity contribution in [2.45, 2.75) is 13.0 Å². The molecule has 0 fully saturated rings. The highest BCUT2D eigenvalue weighted by Crippen LogP contribution is 2.22. The molecule has 0 amide bonds. The van der Waals surface area contributed by atoms with Gasteiger partial charge in [-0.3, -0.25) is 0 Å². The molecule has 3 rings (SSSR count). The predicted molar refractivity (Wildman–Crippen MR) is 84.7 cm³/mol. The topological polar surface area (TPSA) is 17.8 Å². The summed E-state index contributed by atoms with van der Waals surface area (Å²) in [5.41, 5.74) is 2.21. The number of nitrogens with zero attached hydrogens (tertiary/aromatic N) is 2. The first kappa shape index (κ1) is 14.4. The zero-order valence-electron chi connectivity index (χ0n) is 11.2. The Morgan fingerprint density at radius 2 is 1.95 bits per heavy atom. The minimum absolute atomic E-state index is 0.312. The van der Waals surface area contributed by atoms with Crippen molar-refractivity contribution in [1.29, 1.82) is 0 Å². The van der Waals surface area contributed by atoms with E-state index in [9.17, 15) is 4.39 Å². The van der Waals surface area contributed by atoms with Crippen LogP contribution in [0.3, 0.4) is 0 Å². The van der Waals surface area contributed by atoms with Gasteiger partial charge in [0.1, 0.15) is 11.3 Å². The molecular formula is C16H13Cl2FN2. The quantitative estimate of drug-likeness (QED) is 0.639. The van der Waals surface area contributed by atoms with E-state index in [4.69, 9.17) is 23.2 Å². The molecule has 1 aromatic heterocycles. The number of hydrogen-bond donors (Lipinski definition) is 0. The standard InChI is InChI=1S/C16H13Cl2FN2/c17-8-7-15-20-16-13(19)5-2-6-14(16)21(15)10-11-3-1-4-12(18)9-11/h1-6,9H,7-8,10H2. The van der Waals surface area contributed by atoms with Crippen molar-refractivity contribution in [2.24, 2.45) is 0 Å². The SMILES string of the molecule is Fc1cccc2c1nc(CCCl)n2Cc1cccc(Cl)c1. The van der Waals surface area contributed by atoms with E-state index in [1.165, 1.54) is 6.07 Å². The first-order valence-corrected chi connectivity index (χ1v) is 7.54. The lowest BCUT2D eigenvalue weighted by Crippen LogP contribution is -2.06. The van der Waals surface area contributed by atoms with E-state index in [0.29, 0.717) is 29.4 Å². The molecule has 0 unspecified atom stereocenters. The molecule has 0 aliphatic carbocycles. The maximum atomic E-state index is 13.9. The van der Waals surface area contributed by atoms with Crippen molar-refractivity contribution in [3.63, 3.8) is 0 Å². The Morgan fingerprint density at radius 1 is 1.14 bits per heavy atom. The van der Waals surface area contributed by atoms with Crippen LogP contribution in [0.15, 0.2) is 42.5 Å². The van der Waals surface area contributed by atoms with Gasteiger partial charge >= 0.3 is 0 Å². The van der Waals surface area contributed by atoms with Crippen LogP contribution in [0.5, 0.6) is 0 Å². The van der Waals surface area contributed by atoms with Crippen molar-refractivity contribution < 1.29 is 4.39 Å². The van der Waals surface area contributed by atoms with Crippen LogP contribution in [0.1, 0.15) is 11.4 Å². The second kappa shape index (κ2) is 6.04. The van der Waals surface area contributed by atoms with E-state index in [0.717, 1.165) is 16.9 Å². The van der Waals surface area contributed by atoms with E-state index in [1.54, 1.807) is 6.07 Å². The number of benzene rings is 2. The number of rotatable bonds is 4. The maximum Gasteiger partial charge on any atom is 0.151 e.